The molecule has 0 spiro atoms. The summed E-state index contributed by atoms with van der Waals surface area (Å²) in [5.41, 5.74) is 2.16. The predicted octanol–water partition coefficient (Wildman–Crippen LogP) is 5.18. The molecule has 3 aromatic carbocycles. The zero-order valence-electron chi connectivity index (χ0n) is 22.1. The number of nitrogens with one attached hydrogen (secondary N) is 1. The molecular weight excluding hydrogens is 522 g/mol. The van der Waals surface area contributed by atoms with Crippen LogP contribution in [-0.2, 0) is 26.2 Å². The summed E-state index contributed by atoms with van der Waals surface area (Å²) < 4.78 is 28.5. The lowest BCUT2D eigenvalue weighted by atomic mass is 10.1. The number of carbonyl (C=O) groups excluding carboxylic acids is 2. The molecule has 202 valence electrons. The molecular formula is C29H34ClN3O4S. The molecule has 0 fully saturated rings. The van der Waals surface area contributed by atoms with Crippen molar-refractivity contribution in [2.75, 3.05) is 10.8 Å². The molecule has 0 heterocycles. The highest BCUT2D eigenvalue weighted by atomic mass is 35.5. The van der Waals surface area contributed by atoms with E-state index in [1.54, 1.807) is 42.5 Å². The molecule has 0 aliphatic carbocycles. The molecule has 9 heteroatoms. The molecule has 2 amide bonds. The van der Waals surface area contributed by atoms with Crippen molar-refractivity contribution in [2.24, 2.45) is 0 Å². The molecule has 3 rings (SSSR count). The summed E-state index contributed by atoms with van der Waals surface area (Å²) in [5, 5.41) is 3.33. The first kappa shape index (κ1) is 29.2. The third-order valence-electron chi connectivity index (χ3n) is 5.98. The number of hydrogen-bond donors (Lipinski definition) is 1. The highest BCUT2D eigenvalue weighted by Gasteiger charge is 2.33. The Bertz CT molecular complexity index is 1350. The van der Waals surface area contributed by atoms with Gasteiger partial charge < -0.3 is 10.2 Å². The van der Waals surface area contributed by atoms with Crippen molar-refractivity contribution in [3.05, 3.63) is 95.0 Å². The number of rotatable bonds is 11. The van der Waals surface area contributed by atoms with Crippen molar-refractivity contribution in [3.8, 4) is 0 Å². The Morgan fingerprint density at radius 3 is 2.18 bits per heavy atom. The van der Waals surface area contributed by atoms with E-state index < -0.39 is 28.5 Å². The van der Waals surface area contributed by atoms with Crippen LogP contribution in [0, 0.1) is 6.92 Å². The van der Waals surface area contributed by atoms with Gasteiger partial charge in [0.1, 0.15) is 12.6 Å². The van der Waals surface area contributed by atoms with E-state index in [4.69, 9.17) is 11.6 Å². The molecule has 38 heavy (non-hydrogen) atoms. The summed E-state index contributed by atoms with van der Waals surface area (Å²) in [6.07, 6.45) is 0.364. The number of aryl methyl sites for hydroxylation is 1. The first-order chi connectivity index (χ1) is 18.0. The molecule has 0 radical (unpaired) electrons. The summed E-state index contributed by atoms with van der Waals surface area (Å²) in [7, 11) is -4.10. The van der Waals surface area contributed by atoms with Gasteiger partial charge in [0.15, 0.2) is 0 Å². The molecule has 0 aromatic heterocycles. The zero-order chi connectivity index (χ0) is 27.9. The Morgan fingerprint density at radius 1 is 0.947 bits per heavy atom. The topological polar surface area (TPSA) is 86.8 Å². The normalized spacial score (nSPS) is 12.2. The van der Waals surface area contributed by atoms with Crippen molar-refractivity contribution >= 4 is 39.1 Å². The highest BCUT2D eigenvalue weighted by Crippen LogP contribution is 2.26. The molecule has 1 unspecified atom stereocenters. The number of nitrogens with zero attached hydrogens (tertiary/aromatic N) is 2. The second kappa shape index (κ2) is 12.9. The smallest absolute Gasteiger partial charge is 0.264 e. The summed E-state index contributed by atoms with van der Waals surface area (Å²) in [6, 6.07) is 21.0. The van der Waals surface area contributed by atoms with Crippen LogP contribution in [0.3, 0.4) is 0 Å². The zero-order valence-corrected chi connectivity index (χ0v) is 23.7. The van der Waals surface area contributed by atoms with Crippen molar-refractivity contribution in [1.82, 2.24) is 10.2 Å². The lowest BCUT2D eigenvalue weighted by molar-refractivity contribution is -0.140. The number of sulfonamides is 1. The van der Waals surface area contributed by atoms with E-state index in [9.17, 15) is 18.0 Å². The van der Waals surface area contributed by atoms with Gasteiger partial charge in [0.2, 0.25) is 11.8 Å². The van der Waals surface area contributed by atoms with Crippen molar-refractivity contribution in [1.29, 1.82) is 0 Å². The van der Waals surface area contributed by atoms with Gasteiger partial charge in [-0.1, -0.05) is 66.6 Å². The van der Waals surface area contributed by atoms with Gasteiger partial charge >= 0.3 is 0 Å². The fraction of sp³-hybridized carbons (Fsp3) is 0.310. The largest absolute Gasteiger partial charge is 0.352 e. The molecule has 3 aromatic rings. The Morgan fingerprint density at radius 2 is 1.61 bits per heavy atom. The fourth-order valence-electron chi connectivity index (χ4n) is 4.16. The van der Waals surface area contributed by atoms with Gasteiger partial charge in [-0.05, 0) is 69.2 Å². The quantitative estimate of drug-likeness (QED) is 0.353. The molecule has 0 aliphatic rings. The van der Waals surface area contributed by atoms with Gasteiger partial charge in [0, 0.05) is 17.6 Å². The van der Waals surface area contributed by atoms with Crippen LogP contribution in [0.25, 0.3) is 0 Å². The predicted molar refractivity (Wildman–Crippen MR) is 152 cm³/mol. The van der Waals surface area contributed by atoms with E-state index in [1.165, 1.54) is 17.0 Å². The Hall–Kier alpha value is -3.36. The maximum Gasteiger partial charge on any atom is 0.264 e. The second-order valence-electron chi connectivity index (χ2n) is 9.40. The van der Waals surface area contributed by atoms with E-state index in [-0.39, 0.29) is 23.4 Å². The van der Waals surface area contributed by atoms with Crippen LogP contribution >= 0.6 is 11.6 Å². The van der Waals surface area contributed by atoms with E-state index >= 15 is 0 Å². The van der Waals surface area contributed by atoms with Crippen molar-refractivity contribution < 1.29 is 18.0 Å². The number of carbonyl (C=O) groups is 2. The van der Waals surface area contributed by atoms with Gasteiger partial charge in [-0.2, -0.15) is 0 Å². The number of benzene rings is 3. The molecule has 0 saturated carbocycles. The summed E-state index contributed by atoms with van der Waals surface area (Å²) in [6.45, 7) is 7.16. The van der Waals surface area contributed by atoms with E-state index in [1.807, 2.05) is 52.0 Å². The maximum absolute atomic E-state index is 14.0. The summed E-state index contributed by atoms with van der Waals surface area (Å²) in [5.74, 6) is -0.779. The van der Waals surface area contributed by atoms with Crippen LogP contribution in [-0.4, -0.2) is 43.8 Å². The first-order valence-electron chi connectivity index (χ1n) is 12.5. The lowest BCUT2D eigenvalue weighted by Gasteiger charge is -2.33. The van der Waals surface area contributed by atoms with Crippen LogP contribution in [0.15, 0.2) is 83.8 Å². The van der Waals surface area contributed by atoms with Crippen LogP contribution in [0.5, 0.6) is 0 Å². The minimum absolute atomic E-state index is 0.0533. The standard InChI is InChI=1S/C29H34ClN3O4S/c1-5-27(29(35)31-21(2)3)32(19-23-11-9-10-22(4)18-23)28(34)20-33(25-16-14-24(30)15-17-25)38(36,37)26-12-7-6-8-13-26/h6-18,21,27H,5,19-20H2,1-4H3,(H,31,35). The lowest BCUT2D eigenvalue weighted by Crippen LogP contribution is -2.53. The van der Waals surface area contributed by atoms with E-state index in [2.05, 4.69) is 5.32 Å². The molecule has 7 nitrogen and oxygen atoms in total. The highest BCUT2D eigenvalue weighted by molar-refractivity contribution is 7.92. The number of halogens is 1. The van der Waals surface area contributed by atoms with E-state index in [0.717, 1.165) is 15.4 Å². The van der Waals surface area contributed by atoms with Gasteiger partial charge in [-0.25, -0.2) is 8.42 Å². The Kier molecular flexibility index (Phi) is 9.94. The third-order valence-corrected chi connectivity index (χ3v) is 8.02. The van der Waals surface area contributed by atoms with Gasteiger partial charge in [-0.15, -0.1) is 0 Å². The SMILES string of the molecule is CCC(C(=O)NC(C)C)N(Cc1cccc(C)c1)C(=O)CN(c1ccc(Cl)cc1)S(=O)(=O)c1ccccc1. The van der Waals surface area contributed by atoms with E-state index in [0.29, 0.717) is 17.1 Å². The molecule has 0 saturated heterocycles. The first-order valence-corrected chi connectivity index (χ1v) is 14.3. The van der Waals surface area contributed by atoms with Crippen molar-refractivity contribution in [3.63, 3.8) is 0 Å². The minimum atomic E-state index is -4.10. The second-order valence-corrected chi connectivity index (χ2v) is 11.7. The van der Waals surface area contributed by atoms with Gasteiger partial charge in [0.05, 0.1) is 10.6 Å². The monoisotopic (exact) mass is 555 g/mol. The minimum Gasteiger partial charge on any atom is -0.352 e. The fourth-order valence-corrected chi connectivity index (χ4v) is 5.72. The Labute approximate surface area is 230 Å². The molecule has 0 aliphatic heterocycles. The Balaban J connectivity index is 2.05. The van der Waals surface area contributed by atoms with Gasteiger partial charge in [0.25, 0.3) is 10.0 Å². The average Bonchev–Trinajstić information content (AvgIpc) is 2.87. The van der Waals surface area contributed by atoms with Crippen molar-refractivity contribution in [2.45, 2.75) is 57.6 Å². The van der Waals surface area contributed by atoms with Crippen LogP contribution < -0.4 is 9.62 Å². The van der Waals surface area contributed by atoms with Gasteiger partial charge in [-0.3, -0.25) is 13.9 Å². The number of anilines is 1. The summed E-state index contributed by atoms with van der Waals surface area (Å²) in [4.78, 5) is 28.6. The van der Waals surface area contributed by atoms with Crippen LogP contribution in [0.4, 0.5) is 5.69 Å². The number of hydrogen-bond acceptors (Lipinski definition) is 4. The molecule has 1 N–H and O–H groups in total. The van der Waals surface area contributed by atoms with Crippen LogP contribution in [0.2, 0.25) is 5.02 Å². The molecule has 1 atom stereocenters. The third kappa shape index (κ3) is 7.36. The average molecular weight is 556 g/mol. The number of amides is 2. The molecule has 0 bridgehead atoms. The van der Waals surface area contributed by atoms with Crippen LogP contribution in [0.1, 0.15) is 38.3 Å². The summed E-state index contributed by atoms with van der Waals surface area (Å²) >= 11 is 6.06. The maximum atomic E-state index is 14.0.